The lowest BCUT2D eigenvalue weighted by molar-refractivity contribution is 0.287. The number of aromatic nitrogens is 1. The first-order chi connectivity index (χ1) is 9.02. The molecule has 19 heavy (non-hydrogen) atoms. The third-order valence-corrected chi connectivity index (χ3v) is 5.35. The van der Waals surface area contributed by atoms with Crippen molar-refractivity contribution in [2.75, 3.05) is 32.4 Å². The van der Waals surface area contributed by atoms with Crippen LogP contribution in [-0.4, -0.2) is 55.0 Å². The monoisotopic (exact) mass is 281 g/mol. The molecule has 2 fully saturated rings. The van der Waals surface area contributed by atoms with Crippen LogP contribution in [0.3, 0.4) is 0 Å². The molecule has 2 aliphatic heterocycles. The molecule has 104 valence electrons. The fourth-order valence-electron chi connectivity index (χ4n) is 3.17. The number of fused-ring (bicyclic) bond motifs is 1. The summed E-state index contributed by atoms with van der Waals surface area (Å²) in [6.07, 6.45) is 3.12. The quantitative estimate of drug-likeness (QED) is 0.805. The number of nitrogens with zero attached hydrogens (tertiary/aromatic N) is 3. The molecule has 0 unspecified atom stereocenters. The van der Waals surface area contributed by atoms with E-state index in [1.807, 2.05) is 24.4 Å². The molecule has 2 aliphatic rings. The van der Waals surface area contributed by atoms with Gasteiger partial charge in [-0.1, -0.05) is 6.07 Å². The lowest BCUT2D eigenvalue weighted by Crippen LogP contribution is -2.32. The van der Waals surface area contributed by atoms with Crippen molar-refractivity contribution in [2.45, 2.75) is 6.54 Å². The summed E-state index contributed by atoms with van der Waals surface area (Å²) in [6.45, 7) is 4.19. The number of sulfonamides is 1. The molecular weight excluding hydrogens is 262 g/mol. The molecule has 0 N–H and O–H groups in total. The number of hydrogen-bond donors (Lipinski definition) is 0. The Kier molecular flexibility index (Phi) is 3.32. The van der Waals surface area contributed by atoms with E-state index in [-0.39, 0.29) is 0 Å². The molecule has 3 heterocycles. The molecule has 0 aromatic carbocycles. The highest BCUT2D eigenvalue weighted by Crippen LogP contribution is 2.32. The van der Waals surface area contributed by atoms with Gasteiger partial charge in [0, 0.05) is 38.9 Å². The smallest absolute Gasteiger partial charge is 0.211 e. The highest BCUT2D eigenvalue weighted by Gasteiger charge is 2.42. The van der Waals surface area contributed by atoms with Crippen molar-refractivity contribution >= 4 is 10.0 Å². The van der Waals surface area contributed by atoms with E-state index >= 15 is 0 Å². The second kappa shape index (κ2) is 4.85. The van der Waals surface area contributed by atoms with Gasteiger partial charge < -0.3 is 0 Å². The third-order valence-electron chi connectivity index (χ3n) is 4.11. The molecule has 2 atom stereocenters. The second-order valence-corrected chi connectivity index (χ2v) is 7.60. The second-order valence-electron chi connectivity index (χ2n) is 5.62. The SMILES string of the molecule is CS(=O)(=O)N1C[C@H]2CN(Cc3ccccn3)C[C@@H]2C1. The van der Waals surface area contributed by atoms with Crippen molar-refractivity contribution in [3.05, 3.63) is 30.1 Å². The molecule has 5 nitrogen and oxygen atoms in total. The van der Waals surface area contributed by atoms with Crippen LogP contribution in [0.2, 0.25) is 0 Å². The first-order valence-electron chi connectivity index (χ1n) is 6.60. The average Bonchev–Trinajstić information content (AvgIpc) is 2.87. The van der Waals surface area contributed by atoms with Gasteiger partial charge in [0.1, 0.15) is 0 Å². The molecule has 0 radical (unpaired) electrons. The summed E-state index contributed by atoms with van der Waals surface area (Å²) in [6, 6.07) is 5.97. The largest absolute Gasteiger partial charge is 0.297 e. The fourth-order valence-corrected chi connectivity index (χ4v) is 4.09. The van der Waals surface area contributed by atoms with Gasteiger partial charge in [-0.25, -0.2) is 12.7 Å². The van der Waals surface area contributed by atoms with Crippen LogP contribution in [0.1, 0.15) is 5.69 Å². The summed E-state index contributed by atoms with van der Waals surface area (Å²) in [4.78, 5) is 6.73. The molecule has 0 bridgehead atoms. The maximum Gasteiger partial charge on any atom is 0.211 e. The molecular formula is C13H19N3O2S. The minimum absolute atomic E-state index is 0.485. The van der Waals surface area contributed by atoms with Gasteiger partial charge in [0.15, 0.2) is 0 Å². The Bertz CT molecular complexity index is 532. The number of rotatable bonds is 3. The van der Waals surface area contributed by atoms with Crippen molar-refractivity contribution in [3.63, 3.8) is 0 Å². The molecule has 3 rings (SSSR count). The van der Waals surface area contributed by atoms with Gasteiger partial charge in [0.2, 0.25) is 10.0 Å². The minimum atomic E-state index is -3.02. The van der Waals surface area contributed by atoms with Gasteiger partial charge in [-0.2, -0.15) is 0 Å². The van der Waals surface area contributed by atoms with E-state index < -0.39 is 10.0 Å². The number of pyridine rings is 1. The Labute approximate surface area is 114 Å². The average molecular weight is 281 g/mol. The normalized spacial score (nSPS) is 28.7. The lowest BCUT2D eigenvalue weighted by Gasteiger charge is -2.19. The number of hydrogen-bond acceptors (Lipinski definition) is 4. The third kappa shape index (κ3) is 2.80. The van der Waals surface area contributed by atoms with E-state index in [1.165, 1.54) is 6.26 Å². The van der Waals surface area contributed by atoms with Gasteiger partial charge in [0.25, 0.3) is 0 Å². The Morgan fingerprint density at radius 1 is 1.21 bits per heavy atom. The first-order valence-corrected chi connectivity index (χ1v) is 8.44. The van der Waals surface area contributed by atoms with E-state index in [9.17, 15) is 8.42 Å². The van der Waals surface area contributed by atoms with Crippen LogP contribution in [0, 0.1) is 11.8 Å². The van der Waals surface area contributed by atoms with Gasteiger partial charge in [0.05, 0.1) is 11.9 Å². The van der Waals surface area contributed by atoms with Crippen LogP contribution in [0.25, 0.3) is 0 Å². The van der Waals surface area contributed by atoms with Gasteiger partial charge in [-0.3, -0.25) is 9.88 Å². The lowest BCUT2D eigenvalue weighted by atomic mass is 10.0. The molecule has 1 aromatic rings. The Hall–Kier alpha value is -0.980. The maximum atomic E-state index is 11.5. The van der Waals surface area contributed by atoms with Gasteiger partial charge in [-0.15, -0.1) is 0 Å². The summed E-state index contributed by atoms with van der Waals surface area (Å²) >= 11 is 0. The summed E-state index contributed by atoms with van der Waals surface area (Å²) in [5.41, 5.74) is 1.09. The van der Waals surface area contributed by atoms with Crippen LogP contribution in [0.15, 0.2) is 24.4 Å². The zero-order valence-electron chi connectivity index (χ0n) is 11.1. The van der Waals surface area contributed by atoms with Crippen LogP contribution in [-0.2, 0) is 16.6 Å². The Morgan fingerprint density at radius 3 is 2.42 bits per heavy atom. The molecule has 2 saturated heterocycles. The zero-order chi connectivity index (χ0) is 13.5. The van der Waals surface area contributed by atoms with Gasteiger partial charge >= 0.3 is 0 Å². The predicted octanol–water partition coefficient (Wildman–Crippen LogP) is 0.405. The minimum Gasteiger partial charge on any atom is -0.297 e. The van der Waals surface area contributed by atoms with E-state index in [0.717, 1.165) is 25.3 Å². The van der Waals surface area contributed by atoms with Crippen LogP contribution in [0.5, 0.6) is 0 Å². The van der Waals surface area contributed by atoms with Crippen molar-refractivity contribution in [1.82, 2.24) is 14.2 Å². The predicted molar refractivity (Wildman–Crippen MR) is 72.9 cm³/mol. The van der Waals surface area contributed by atoms with E-state index in [1.54, 1.807) is 4.31 Å². The fraction of sp³-hybridized carbons (Fsp3) is 0.615. The summed E-state index contributed by atoms with van der Waals surface area (Å²) < 4.78 is 24.7. The zero-order valence-corrected chi connectivity index (χ0v) is 11.9. The van der Waals surface area contributed by atoms with E-state index in [0.29, 0.717) is 24.9 Å². The number of likely N-dealkylation sites (tertiary alicyclic amines) is 1. The summed E-state index contributed by atoms with van der Waals surface area (Å²) in [7, 11) is -3.02. The van der Waals surface area contributed by atoms with Crippen molar-refractivity contribution in [1.29, 1.82) is 0 Å². The van der Waals surface area contributed by atoms with Crippen LogP contribution < -0.4 is 0 Å². The van der Waals surface area contributed by atoms with Crippen LogP contribution >= 0.6 is 0 Å². The molecule has 0 aliphatic carbocycles. The Balaban J connectivity index is 1.60. The first kappa shape index (κ1) is 13.0. The molecule has 1 aromatic heterocycles. The summed E-state index contributed by atoms with van der Waals surface area (Å²) in [5.74, 6) is 0.969. The standard InChI is InChI=1S/C13H19N3O2S/c1-19(17,18)16-8-11-6-15(7-12(11)9-16)10-13-4-2-3-5-14-13/h2-5,11-12H,6-10H2,1H3/t11-,12-/m1/s1. The highest BCUT2D eigenvalue weighted by atomic mass is 32.2. The van der Waals surface area contributed by atoms with Crippen LogP contribution in [0.4, 0.5) is 0 Å². The highest BCUT2D eigenvalue weighted by molar-refractivity contribution is 7.88. The van der Waals surface area contributed by atoms with Gasteiger partial charge in [-0.05, 0) is 24.0 Å². The van der Waals surface area contributed by atoms with Crippen molar-refractivity contribution < 1.29 is 8.42 Å². The Morgan fingerprint density at radius 2 is 1.89 bits per heavy atom. The molecule has 0 spiro atoms. The molecule has 0 saturated carbocycles. The molecule has 6 heteroatoms. The van der Waals surface area contributed by atoms with Crippen molar-refractivity contribution in [2.24, 2.45) is 11.8 Å². The summed E-state index contributed by atoms with van der Waals surface area (Å²) in [5, 5.41) is 0. The maximum absolute atomic E-state index is 11.5. The van der Waals surface area contributed by atoms with E-state index in [2.05, 4.69) is 9.88 Å². The van der Waals surface area contributed by atoms with Crippen molar-refractivity contribution in [3.8, 4) is 0 Å². The van der Waals surface area contributed by atoms with E-state index in [4.69, 9.17) is 0 Å². The topological polar surface area (TPSA) is 53.5 Å². The molecule has 0 amide bonds.